The van der Waals surface area contributed by atoms with Crippen LogP contribution >= 0.6 is 0 Å². The van der Waals surface area contributed by atoms with Crippen molar-refractivity contribution >= 4 is 11.8 Å². The number of nitrogens with one attached hydrogen (secondary N) is 1. The molecule has 0 spiro atoms. The molecule has 1 aromatic rings. The number of hydrogen-bond donors (Lipinski definition) is 1. The molecule has 1 fully saturated rings. The van der Waals surface area contributed by atoms with Gasteiger partial charge in [-0.05, 0) is 44.6 Å². The standard InChI is InChI=1S/C19H25NO3.ClH/c1-2-23-19(22)17(20-12-6-3-7-13-20)16-11-10-14-8-4-5-9-15(14)18(16)21;/h4-5,8-9,16-17H,2-3,6-7,10-13H2,1H3;1H/t16-,17+;/m0./s1. The molecule has 1 N–H and O–H groups in total. The van der Waals surface area contributed by atoms with Crippen molar-refractivity contribution in [3.63, 3.8) is 0 Å². The summed E-state index contributed by atoms with van der Waals surface area (Å²) in [5.41, 5.74) is 1.92. The quantitative estimate of drug-likeness (QED) is 0.667. The Kier molecular flexibility index (Phi) is 6.81. The Bertz CT molecular complexity index is 584. The minimum atomic E-state index is -0.337. The summed E-state index contributed by atoms with van der Waals surface area (Å²) >= 11 is 0. The van der Waals surface area contributed by atoms with Crippen molar-refractivity contribution in [2.45, 2.75) is 45.1 Å². The lowest BCUT2D eigenvalue weighted by atomic mass is 9.78. The lowest BCUT2D eigenvalue weighted by Gasteiger charge is -2.35. The number of ether oxygens (including phenoxy) is 1. The molecule has 2 atom stereocenters. The fraction of sp³-hybridized carbons (Fsp3) is 0.579. The molecule has 132 valence electrons. The molecule has 5 heteroatoms. The van der Waals surface area contributed by atoms with E-state index in [4.69, 9.17) is 4.74 Å². The van der Waals surface area contributed by atoms with Crippen LogP contribution < -0.4 is 17.3 Å². The molecule has 1 aliphatic heterocycles. The number of hydrogen-bond acceptors (Lipinski definition) is 3. The van der Waals surface area contributed by atoms with Gasteiger partial charge in [-0.3, -0.25) is 4.79 Å². The van der Waals surface area contributed by atoms with E-state index in [-0.39, 0.29) is 36.1 Å². The predicted molar refractivity (Wildman–Crippen MR) is 87.6 cm³/mol. The maximum atomic E-state index is 13.0. The van der Waals surface area contributed by atoms with E-state index in [0.717, 1.165) is 49.9 Å². The number of halogens is 1. The zero-order chi connectivity index (χ0) is 16.2. The van der Waals surface area contributed by atoms with Crippen LogP contribution in [0.2, 0.25) is 0 Å². The van der Waals surface area contributed by atoms with Crippen molar-refractivity contribution in [1.82, 2.24) is 0 Å². The number of rotatable bonds is 4. The number of piperidine rings is 1. The molecule has 0 saturated carbocycles. The molecular weight excluding hydrogens is 326 g/mol. The van der Waals surface area contributed by atoms with Crippen LogP contribution in [0.15, 0.2) is 24.3 Å². The summed E-state index contributed by atoms with van der Waals surface area (Å²) in [5, 5.41) is 0. The number of quaternary nitrogens is 1. The summed E-state index contributed by atoms with van der Waals surface area (Å²) in [6.45, 7) is 4.14. The highest BCUT2D eigenvalue weighted by molar-refractivity contribution is 6.02. The molecule has 0 radical (unpaired) electrons. The van der Waals surface area contributed by atoms with Crippen molar-refractivity contribution in [3.8, 4) is 0 Å². The highest BCUT2D eigenvalue weighted by Gasteiger charge is 2.44. The van der Waals surface area contributed by atoms with Gasteiger partial charge in [0, 0.05) is 5.56 Å². The molecule has 3 rings (SSSR count). The van der Waals surface area contributed by atoms with Gasteiger partial charge >= 0.3 is 5.97 Å². The van der Waals surface area contributed by atoms with Crippen LogP contribution in [0.4, 0.5) is 0 Å². The predicted octanol–water partition coefficient (Wildman–Crippen LogP) is -1.56. The van der Waals surface area contributed by atoms with E-state index in [1.807, 2.05) is 31.2 Å². The Balaban J connectivity index is 0.00000208. The third kappa shape index (κ3) is 3.81. The monoisotopic (exact) mass is 351 g/mol. The summed E-state index contributed by atoms with van der Waals surface area (Å²) in [5.74, 6) is -0.304. The van der Waals surface area contributed by atoms with E-state index in [0.29, 0.717) is 6.61 Å². The van der Waals surface area contributed by atoms with E-state index >= 15 is 0 Å². The largest absolute Gasteiger partial charge is 1.00 e. The first-order valence-corrected chi connectivity index (χ1v) is 8.85. The number of aryl methyl sites for hydroxylation is 1. The number of carbonyl (C=O) groups is 2. The van der Waals surface area contributed by atoms with Crippen LogP contribution in [0.3, 0.4) is 0 Å². The summed E-state index contributed by atoms with van der Waals surface area (Å²) < 4.78 is 5.33. The first-order chi connectivity index (χ1) is 11.2. The molecule has 4 nitrogen and oxygen atoms in total. The van der Waals surface area contributed by atoms with E-state index in [2.05, 4.69) is 0 Å². The highest BCUT2D eigenvalue weighted by Crippen LogP contribution is 2.27. The average Bonchev–Trinajstić information content (AvgIpc) is 2.59. The minimum absolute atomic E-state index is 0. The number of ketones is 1. The fourth-order valence-electron chi connectivity index (χ4n) is 4.10. The van der Waals surface area contributed by atoms with E-state index in [1.165, 1.54) is 11.3 Å². The first-order valence-electron chi connectivity index (χ1n) is 8.85. The zero-order valence-corrected chi connectivity index (χ0v) is 15.0. The molecule has 0 amide bonds. The van der Waals surface area contributed by atoms with Crippen LogP contribution in [0.5, 0.6) is 0 Å². The summed E-state index contributed by atoms with van der Waals surface area (Å²) in [4.78, 5) is 26.8. The molecule has 2 aliphatic rings. The van der Waals surface area contributed by atoms with Crippen LogP contribution in [0.25, 0.3) is 0 Å². The van der Waals surface area contributed by atoms with Crippen molar-refractivity contribution in [3.05, 3.63) is 35.4 Å². The average molecular weight is 352 g/mol. The first kappa shape index (κ1) is 18.9. The van der Waals surface area contributed by atoms with E-state index < -0.39 is 0 Å². The third-order valence-corrected chi connectivity index (χ3v) is 5.22. The maximum absolute atomic E-state index is 13.0. The van der Waals surface area contributed by atoms with Crippen LogP contribution in [0.1, 0.15) is 48.5 Å². The van der Waals surface area contributed by atoms with Gasteiger partial charge in [0.2, 0.25) is 0 Å². The lowest BCUT2D eigenvalue weighted by Crippen LogP contribution is -3.18. The second kappa shape index (κ2) is 8.63. The van der Waals surface area contributed by atoms with Gasteiger partial charge in [-0.15, -0.1) is 0 Å². The summed E-state index contributed by atoms with van der Waals surface area (Å²) in [6, 6.07) is 7.47. The van der Waals surface area contributed by atoms with Gasteiger partial charge in [0.1, 0.15) is 0 Å². The Labute approximate surface area is 150 Å². The van der Waals surface area contributed by atoms with Crippen LogP contribution in [0, 0.1) is 5.92 Å². The highest BCUT2D eigenvalue weighted by atomic mass is 35.5. The normalized spacial score (nSPS) is 22.2. The second-order valence-electron chi connectivity index (χ2n) is 6.62. The third-order valence-electron chi connectivity index (χ3n) is 5.22. The maximum Gasteiger partial charge on any atom is 0.365 e. The number of benzene rings is 1. The summed E-state index contributed by atoms with van der Waals surface area (Å²) in [7, 11) is 0. The lowest BCUT2D eigenvalue weighted by molar-refractivity contribution is -0.924. The van der Waals surface area contributed by atoms with Gasteiger partial charge in [0.15, 0.2) is 11.8 Å². The van der Waals surface area contributed by atoms with E-state index in [1.54, 1.807) is 0 Å². The summed E-state index contributed by atoms with van der Waals surface area (Å²) in [6.07, 6.45) is 5.10. The molecule has 1 aliphatic carbocycles. The smallest absolute Gasteiger partial charge is 0.365 e. The van der Waals surface area contributed by atoms with Crippen LogP contribution in [-0.2, 0) is 16.0 Å². The molecule has 0 aromatic heterocycles. The van der Waals surface area contributed by atoms with Gasteiger partial charge in [-0.2, -0.15) is 0 Å². The molecule has 0 bridgehead atoms. The molecule has 1 aromatic carbocycles. The number of fused-ring (bicyclic) bond motifs is 1. The van der Waals surface area contributed by atoms with Crippen molar-refractivity contribution < 1.29 is 31.6 Å². The minimum Gasteiger partial charge on any atom is -1.00 e. The fourth-order valence-corrected chi connectivity index (χ4v) is 4.10. The molecule has 24 heavy (non-hydrogen) atoms. The van der Waals surface area contributed by atoms with Crippen LogP contribution in [-0.4, -0.2) is 37.5 Å². The second-order valence-corrected chi connectivity index (χ2v) is 6.62. The Morgan fingerprint density at radius 3 is 2.67 bits per heavy atom. The Morgan fingerprint density at radius 1 is 1.25 bits per heavy atom. The van der Waals surface area contributed by atoms with Gasteiger partial charge < -0.3 is 22.0 Å². The molecular formula is C19H26ClNO3. The molecule has 0 unspecified atom stereocenters. The molecule has 1 heterocycles. The van der Waals surface area contributed by atoms with Gasteiger partial charge in [0.05, 0.1) is 25.6 Å². The van der Waals surface area contributed by atoms with E-state index in [9.17, 15) is 9.59 Å². The Morgan fingerprint density at radius 2 is 1.96 bits per heavy atom. The number of esters is 1. The van der Waals surface area contributed by atoms with Crippen molar-refractivity contribution in [2.24, 2.45) is 5.92 Å². The van der Waals surface area contributed by atoms with Crippen molar-refractivity contribution in [2.75, 3.05) is 19.7 Å². The Hall–Kier alpha value is -1.39. The topological polar surface area (TPSA) is 47.8 Å². The number of Topliss-reactive ketones (excluding diaryl/α,β-unsaturated/α-hetero) is 1. The zero-order valence-electron chi connectivity index (χ0n) is 14.2. The number of carbonyl (C=O) groups excluding carboxylic acids is 2. The number of likely N-dealkylation sites (tertiary alicyclic amines) is 1. The van der Waals surface area contributed by atoms with Crippen molar-refractivity contribution in [1.29, 1.82) is 0 Å². The SMILES string of the molecule is CCOC(=O)[C@@H]([C@@H]1CCc2ccccc2C1=O)[NH+]1CCCCC1.[Cl-]. The van der Waals surface area contributed by atoms with Gasteiger partial charge in [-0.25, -0.2) is 4.79 Å². The van der Waals surface area contributed by atoms with Gasteiger partial charge in [0.25, 0.3) is 0 Å². The molecule has 1 saturated heterocycles. The van der Waals surface area contributed by atoms with Gasteiger partial charge in [-0.1, -0.05) is 24.3 Å².